The zero-order valence-corrected chi connectivity index (χ0v) is 14.9. The lowest BCUT2D eigenvalue weighted by Gasteiger charge is -2.01. The van der Waals surface area contributed by atoms with E-state index < -0.39 is 10.8 Å². The topological polar surface area (TPSA) is 97.7 Å². The Balaban J connectivity index is 1.71. The number of carbonyl (C=O) groups is 1. The van der Waals surface area contributed by atoms with E-state index in [0.717, 1.165) is 11.1 Å². The molecule has 27 heavy (non-hydrogen) atoms. The van der Waals surface area contributed by atoms with Crippen LogP contribution in [0.1, 0.15) is 21.7 Å². The summed E-state index contributed by atoms with van der Waals surface area (Å²) in [7, 11) is 0. The Morgan fingerprint density at radius 3 is 2.74 bits per heavy atom. The van der Waals surface area contributed by atoms with Crippen molar-refractivity contribution in [1.29, 1.82) is 0 Å². The van der Waals surface area contributed by atoms with Gasteiger partial charge in [-0.3, -0.25) is 14.9 Å². The van der Waals surface area contributed by atoms with Gasteiger partial charge in [0.05, 0.1) is 11.1 Å². The molecule has 2 aromatic carbocycles. The SMILES string of the molecule is Cc1ccc(-c2ccc(/C=N\NC(=O)c3ccccc3[N+](=O)[O-])o2)cc1Cl. The van der Waals surface area contributed by atoms with E-state index in [9.17, 15) is 14.9 Å². The molecule has 1 N–H and O–H groups in total. The smallest absolute Gasteiger partial charge is 0.282 e. The Morgan fingerprint density at radius 1 is 1.22 bits per heavy atom. The van der Waals surface area contributed by atoms with Crippen molar-refractivity contribution in [2.24, 2.45) is 5.10 Å². The minimum Gasteiger partial charge on any atom is -0.455 e. The van der Waals surface area contributed by atoms with E-state index in [0.29, 0.717) is 16.5 Å². The molecule has 0 aliphatic heterocycles. The van der Waals surface area contributed by atoms with Crippen molar-refractivity contribution in [3.05, 3.63) is 86.6 Å². The highest BCUT2D eigenvalue weighted by atomic mass is 35.5. The second-order valence-electron chi connectivity index (χ2n) is 5.64. The molecule has 0 saturated heterocycles. The van der Waals surface area contributed by atoms with Gasteiger partial charge >= 0.3 is 0 Å². The van der Waals surface area contributed by atoms with Gasteiger partial charge in [-0.05, 0) is 36.8 Å². The van der Waals surface area contributed by atoms with Crippen LogP contribution >= 0.6 is 11.6 Å². The quantitative estimate of drug-likeness (QED) is 0.396. The Labute approximate surface area is 159 Å². The standard InChI is InChI=1S/C19H14ClN3O4/c1-12-6-7-13(10-16(12)20)18-9-8-14(27-18)11-21-22-19(24)15-4-2-3-5-17(15)23(25)26/h2-11H,1H3,(H,22,24)/b21-11-. The van der Waals surface area contributed by atoms with Crippen LogP contribution in [0.4, 0.5) is 5.69 Å². The van der Waals surface area contributed by atoms with Crippen LogP contribution in [0.25, 0.3) is 11.3 Å². The molecule has 0 saturated carbocycles. The summed E-state index contributed by atoms with van der Waals surface area (Å²) in [4.78, 5) is 22.4. The summed E-state index contributed by atoms with van der Waals surface area (Å²) in [6, 6.07) is 14.7. The van der Waals surface area contributed by atoms with Crippen LogP contribution in [0.2, 0.25) is 5.02 Å². The third-order valence-corrected chi connectivity index (χ3v) is 4.19. The molecule has 0 bridgehead atoms. The number of hydrogen-bond donors (Lipinski definition) is 1. The number of hydrogen-bond acceptors (Lipinski definition) is 5. The molecule has 0 fully saturated rings. The first-order valence-electron chi connectivity index (χ1n) is 7.89. The monoisotopic (exact) mass is 383 g/mol. The highest BCUT2D eigenvalue weighted by molar-refractivity contribution is 6.31. The number of nitro groups is 1. The molecule has 0 unspecified atom stereocenters. The normalized spacial score (nSPS) is 10.9. The maximum atomic E-state index is 12.1. The van der Waals surface area contributed by atoms with Crippen molar-refractivity contribution in [1.82, 2.24) is 5.43 Å². The van der Waals surface area contributed by atoms with E-state index in [2.05, 4.69) is 10.5 Å². The second kappa shape index (κ2) is 7.84. The first kappa shape index (κ1) is 18.3. The molecule has 7 nitrogen and oxygen atoms in total. The summed E-state index contributed by atoms with van der Waals surface area (Å²) in [5.74, 6) is 0.323. The van der Waals surface area contributed by atoms with Crippen molar-refractivity contribution >= 4 is 29.4 Å². The molecule has 3 rings (SSSR count). The van der Waals surface area contributed by atoms with Crippen molar-refractivity contribution in [2.45, 2.75) is 6.92 Å². The number of carbonyl (C=O) groups excluding carboxylic acids is 1. The summed E-state index contributed by atoms with van der Waals surface area (Å²) in [6.45, 7) is 1.91. The summed E-state index contributed by atoms with van der Waals surface area (Å²) < 4.78 is 5.65. The third kappa shape index (κ3) is 4.21. The van der Waals surface area contributed by atoms with Gasteiger partial charge in [-0.1, -0.05) is 35.9 Å². The molecule has 136 valence electrons. The highest BCUT2D eigenvalue weighted by Crippen LogP contribution is 2.26. The zero-order valence-electron chi connectivity index (χ0n) is 14.2. The molecule has 0 radical (unpaired) electrons. The van der Waals surface area contributed by atoms with Gasteiger partial charge in [0.2, 0.25) is 0 Å². The van der Waals surface area contributed by atoms with E-state index >= 15 is 0 Å². The Bertz CT molecular complexity index is 1040. The Morgan fingerprint density at radius 2 is 2.00 bits per heavy atom. The van der Waals surface area contributed by atoms with Gasteiger partial charge < -0.3 is 4.42 Å². The Kier molecular flexibility index (Phi) is 5.33. The highest BCUT2D eigenvalue weighted by Gasteiger charge is 2.18. The number of aryl methyl sites for hydroxylation is 1. The van der Waals surface area contributed by atoms with Gasteiger partial charge in [-0.25, -0.2) is 5.43 Å². The van der Waals surface area contributed by atoms with Gasteiger partial charge in [0.25, 0.3) is 11.6 Å². The van der Waals surface area contributed by atoms with Crippen molar-refractivity contribution in [3.63, 3.8) is 0 Å². The number of nitrogens with one attached hydrogen (secondary N) is 1. The van der Waals surface area contributed by atoms with Crippen LogP contribution in [0.15, 0.2) is 64.1 Å². The van der Waals surface area contributed by atoms with Crippen molar-refractivity contribution < 1.29 is 14.1 Å². The Hall–Kier alpha value is -3.45. The average molecular weight is 384 g/mol. The first-order chi connectivity index (χ1) is 13.0. The average Bonchev–Trinajstić information content (AvgIpc) is 3.12. The van der Waals surface area contributed by atoms with Crippen LogP contribution in [0.3, 0.4) is 0 Å². The summed E-state index contributed by atoms with van der Waals surface area (Å²) in [5, 5.41) is 15.4. The lowest BCUT2D eigenvalue weighted by atomic mass is 10.1. The maximum absolute atomic E-state index is 12.1. The van der Waals surface area contributed by atoms with Gasteiger partial charge in [-0.2, -0.15) is 5.10 Å². The molecule has 1 heterocycles. The van der Waals surface area contributed by atoms with Crippen LogP contribution < -0.4 is 5.43 Å². The lowest BCUT2D eigenvalue weighted by molar-refractivity contribution is -0.385. The molecule has 0 aliphatic rings. The molecule has 0 aliphatic carbocycles. The van der Waals surface area contributed by atoms with Gasteiger partial charge in [0, 0.05) is 16.7 Å². The fourth-order valence-electron chi connectivity index (χ4n) is 2.36. The van der Waals surface area contributed by atoms with Crippen LogP contribution in [-0.2, 0) is 0 Å². The van der Waals surface area contributed by atoms with Gasteiger partial charge in [-0.15, -0.1) is 0 Å². The summed E-state index contributed by atoms with van der Waals surface area (Å²) >= 11 is 6.12. The number of amides is 1. The molecular formula is C19H14ClN3O4. The zero-order chi connectivity index (χ0) is 19.4. The summed E-state index contributed by atoms with van der Waals surface area (Å²) in [5.41, 5.74) is 3.67. The molecule has 0 spiro atoms. The predicted molar refractivity (Wildman–Crippen MR) is 102 cm³/mol. The van der Waals surface area contributed by atoms with E-state index in [-0.39, 0.29) is 11.3 Å². The number of para-hydroxylation sites is 1. The fraction of sp³-hybridized carbons (Fsp3) is 0.0526. The predicted octanol–water partition coefficient (Wildman–Crippen LogP) is 4.58. The molecule has 1 amide bonds. The van der Waals surface area contributed by atoms with Crippen LogP contribution in [0, 0.1) is 17.0 Å². The molecule has 3 aromatic rings. The fourth-order valence-corrected chi connectivity index (χ4v) is 2.54. The minimum atomic E-state index is -0.685. The molecule has 1 aromatic heterocycles. The minimum absolute atomic E-state index is 0.0749. The number of nitro benzene ring substituents is 1. The third-order valence-electron chi connectivity index (χ3n) is 3.79. The second-order valence-corrected chi connectivity index (χ2v) is 6.05. The van der Waals surface area contributed by atoms with E-state index in [1.807, 2.05) is 19.1 Å². The number of furan rings is 1. The van der Waals surface area contributed by atoms with Crippen LogP contribution in [-0.4, -0.2) is 17.0 Å². The summed E-state index contributed by atoms with van der Waals surface area (Å²) in [6.07, 6.45) is 1.31. The van der Waals surface area contributed by atoms with Crippen LogP contribution in [0.5, 0.6) is 0 Å². The molecular weight excluding hydrogens is 370 g/mol. The van der Waals surface area contributed by atoms with Crippen molar-refractivity contribution in [2.75, 3.05) is 0 Å². The molecule has 0 atom stereocenters. The number of halogens is 1. The van der Waals surface area contributed by atoms with E-state index in [1.54, 1.807) is 18.2 Å². The van der Waals surface area contributed by atoms with Gasteiger partial charge in [0.15, 0.2) is 0 Å². The van der Waals surface area contributed by atoms with E-state index in [4.69, 9.17) is 16.0 Å². The number of rotatable bonds is 5. The number of nitrogens with zero attached hydrogens (tertiary/aromatic N) is 2. The number of benzene rings is 2. The number of hydrazone groups is 1. The maximum Gasteiger partial charge on any atom is 0.282 e. The molecule has 8 heteroatoms. The van der Waals surface area contributed by atoms with Crippen molar-refractivity contribution in [3.8, 4) is 11.3 Å². The lowest BCUT2D eigenvalue weighted by Crippen LogP contribution is -2.18. The largest absolute Gasteiger partial charge is 0.455 e. The van der Waals surface area contributed by atoms with E-state index in [1.165, 1.54) is 30.5 Å². The first-order valence-corrected chi connectivity index (χ1v) is 8.26. The van der Waals surface area contributed by atoms with Gasteiger partial charge in [0.1, 0.15) is 17.1 Å².